The maximum absolute atomic E-state index is 6.01. The molecule has 21 heavy (non-hydrogen) atoms. The average molecular weight is 348 g/mol. The first kappa shape index (κ1) is 17.3. The van der Waals surface area contributed by atoms with Gasteiger partial charge in [0.15, 0.2) is 0 Å². The van der Waals surface area contributed by atoms with E-state index in [-0.39, 0.29) is 0 Å². The Labute approximate surface area is 135 Å². The molecule has 0 heterocycles. The number of hydrogen-bond donors (Lipinski definition) is 2. The van der Waals surface area contributed by atoms with Crippen molar-refractivity contribution >= 4 is 21.6 Å². The fraction of sp³-hybridized carbons (Fsp3) is 0.176. The van der Waals surface area contributed by atoms with E-state index >= 15 is 0 Å². The van der Waals surface area contributed by atoms with E-state index in [4.69, 9.17) is 11.6 Å². The molecule has 0 atom stereocenters. The molecule has 0 unspecified atom stereocenters. The van der Waals surface area contributed by atoms with Crippen LogP contribution in [-0.4, -0.2) is 5.01 Å². The van der Waals surface area contributed by atoms with Gasteiger partial charge in [0.25, 0.3) is 0 Å². The third-order valence-corrected chi connectivity index (χ3v) is 3.22. The third-order valence-electron chi connectivity index (χ3n) is 2.69. The van der Waals surface area contributed by atoms with E-state index in [9.17, 15) is 0 Å². The van der Waals surface area contributed by atoms with Crippen molar-refractivity contribution in [2.24, 2.45) is 11.6 Å². The fourth-order valence-electron chi connectivity index (χ4n) is 1.73. The fourth-order valence-corrected chi connectivity index (χ4v) is 1.99. The van der Waals surface area contributed by atoms with Gasteiger partial charge in [0.1, 0.15) is 0 Å². The molecule has 0 aliphatic heterocycles. The van der Waals surface area contributed by atoms with E-state index in [1.807, 2.05) is 68.4 Å². The van der Waals surface area contributed by atoms with Crippen molar-refractivity contribution < 1.29 is 0 Å². The summed E-state index contributed by atoms with van der Waals surface area (Å²) in [6.07, 6.45) is 1.75. The molecule has 3 nitrogen and oxygen atoms in total. The number of hydrazine groups is 1. The molecule has 4 heteroatoms. The Morgan fingerprint density at radius 3 is 2.19 bits per heavy atom. The van der Waals surface area contributed by atoms with Crippen LogP contribution >= 0.6 is 15.9 Å². The van der Waals surface area contributed by atoms with Gasteiger partial charge in [-0.3, -0.25) is 0 Å². The van der Waals surface area contributed by atoms with Crippen LogP contribution in [0.25, 0.3) is 5.70 Å². The van der Waals surface area contributed by atoms with E-state index < -0.39 is 0 Å². The predicted octanol–water partition coefficient (Wildman–Crippen LogP) is 4.11. The molecule has 0 spiro atoms. The van der Waals surface area contributed by atoms with E-state index in [1.165, 1.54) is 0 Å². The summed E-state index contributed by atoms with van der Waals surface area (Å²) in [7, 11) is 0. The highest BCUT2D eigenvalue weighted by Gasteiger charge is 2.00. The van der Waals surface area contributed by atoms with E-state index in [0.717, 1.165) is 15.6 Å². The van der Waals surface area contributed by atoms with Crippen LogP contribution in [0.2, 0.25) is 0 Å². The Kier molecular flexibility index (Phi) is 7.58. The molecule has 0 aromatic heterocycles. The zero-order chi connectivity index (χ0) is 15.7. The van der Waals surface area contributed by atoms with Gasteiger partial charge in [-0.2, -0.15) is 0 Å². The highest BCUT2D eigenvalue weighted by atomic mass is 79.9. The van der Waals surface area contributed by atoms with Gasteiger partial charge >= 0.3 is 0 Å². The quantitative estimate of drug-likeness (QED) is 0.646. The van der Waals surface area contributed by atoms with Crippen molar-refractivity contribution in [1.82, 2.24) is 5.01 Å². The van der Waals surface area contributed by atoms with Crippen molar-refractivity contribution in [3.63, 3.8) is 0 Å². The molecule has 112 valence electrons. The van der Waals surface area contributed by atoms with E-state index in [1.54, 1.807) is 11.2 Å². The molecule has 2 rings (SSSR count). The second kappa shape index (κ2) is 9.21. The van der Waals surface area contributed by atoms with Gasteiger partial charge in [0, 0.05) is 10.7 Å². The first-order valence-corrected chi connectivity index (χ1v) is 7.73. The van der Waals surface area contributed by atoms with Crippen LogP contribution in [0.5, 0.6) is 0 Å². The molecular weight excluding hydrogens is 326 g/mol. The number of hydrogen-bond acceptors (Lipinski definition) is 3. The molecule has 2 aromatic rings. The molecule has 0 aliphatic carbocycles. The number of benzene rings is 2. The normalized spacial score (nSPS) is 10.6. The minimum absolute atomic E-state index is 0.612. The van der Waals surface area contributed by atoms with Crippen LogP contribution in [0, 0.1) is 0 Å². The Morgan fingerprint density at radius 2 is 1.62 bits per heavy atom. The summed E-state index contributed by atoms with van der Waals surface area (Å²) in [4.78, 5) is 0. The Balaban J connectivity index is 0.00000106. The highest BCUT2D eigenvalue weighted by molar-refractivity contribution is 9.10. The lowest BCUT2D eigenvalue weighted by Gasteiger charge is -2.15. The lowest BCUT2D eigenvalue weighted by atomic mass is 10.2. The lowest BCUT2D eigenvalue weighted by Crippen LogP contribution is -2.25. The number of rotatable bonds is 4. The number of nitrogens with two attached hydrogens (primary N) is 2. The molecular formula is C17H22BrN3. The topological polar surface area (TPSA) is 55.3 Å². The summed E-state index contributed by atoms with van der Waals surface area (Å²) in [5, 5.41) is 1.59. The van der Waals surface area contributed by atoms with Crippen molar-refractivity contribution in [3.8, 4) is 0 Å². The van der Waals surface area contributed by atoms with Crippen molar-refractivity contribution in [2.75, 3.05) is 0 Å². The molecule has 4 N–H and O–H groups in total. The van der Waals surface area contributed by atoms with Crippen LogP contribution in [0.3, 0.4) is 0 Å². The molecule has 0 bridgehead atoms. The largest absolute Gasteiger partial charge is 0.397 e. The summed E-state index contributed by atoms with van der Waals surface area (Å²) in [5.74, 6) is 5.95. The van der Waals surface area contributed by atoms with Crippen LogP contribution in [-0.2, 0) is 6.54 Å². The molecule has 0 saturated carbocycles. The maximum atomic E-state index is 6.01. The summed E-state index contributed by atoms with van der Waals surface area (Å²) >= 11 is 3.41. The maximum Gasteiger partial charge on any atom is 0.0586 e. The molecule has 0 saturated heterocycles. The van der Waals surface area contributed by atoms with E-state index in [2.05, 4.69) is 15.9 Å². The molecule has 2 aromatic carbocycles. The minimum Gasteiger partial charge on any atom is -0.397 e. The molecule has 0 aliphatic rings. The van der Waals surface area contributed by atoms with Crippen LogP contribution in [0.1, 0.15) is 25.0 Å². The minimum atomic E-state index is 0.612. The number of nitrogens with zero attached hydrogens (tertiary/aromatic N) is 1. The zero-order valence-corrected chi connectivity index (χ0v) is 14.0. The molecule has 0 fully saturated rings. The van der Waals surface area contributed by atoms with Crippen LogP contribution in [0.4, 0.5) is 0 Å². The molecule has 0 radical (unpaired) electrons. The second-order valence-corrected chi connectivity index (χ2v) is 5.16. The SMILES string of the molecule is CC.N/C(=C\N(N)Cc1ccc(Br)cc1)c1ccccc1. The van der Waals surface area contributed by atoms with E-state index in [0.29, 0.717) is 12.2 Å². The van der Waals surface area contributed by atoms with Gasteiger partial charge < -0.3 is 10.7 Å². The average Bonchev–Trinajstić information content (AvgIpc) is 2.52. The second-order valence-electron chi connectivity index (χ2n) is 4.25. The monoisotopic (exact) mass is 347 g/mol. The predicted molar refractivity (Wildman–Crippen MR) is 93.8 cm³/mol. The van der Waals surface area contributed by atoms with Crippen LogP contribution < -0.4 is 11.6 Å². The van der Waals surface area contributed by atoms with Crippen molar-refractivity contribution in [1.29, 1.82) is 0 Å². The smallest absolute Gasteiger partial charge is 0.0586 e. The van der Waals surface area contributed by atoms with Gasteiger partial charge in [-0.1, -0.05) is 72.2 Å². The van der Waals surface area contributed by atoms with Gasteiger partial charge in [-0.05, 0) is 23.3 Å². The summed E-state index contributed by atoms with van der Waals surface area (Å²) in [5.41, 5.74) is 8.75. The Bertz CT molecular complexity index is 550. The number of halogens is 1. The Morgan fingerprint density at radius 1 is 1.05 bits per heavy atom. The van der Waals surface area contributed by atoms with Gasteiger partial charge in [0.2, 0.25) is 0 Å². The molecule has 0 amide bonds. The van der Waals surface area contributed by atoms with Crippen LogP contribution in [0.15, 0.2) is 65.3 Å². The first-order chi connectivity index (χ1) is 10.1. The third kappa shape index (κ3) is 6.02. The van der Waals surface area contributed by atoms with Gasteiger partial charge in [-0.25, -0.2) is 5.84 Å². The summed E-state index contributed by atoms with van der Waals surface area (Å²) in [6, 6.07) is 17.8. The summed E-state index contributed by atoms with van der Waals surface area (Å²) in [6.45, 7) is 4.61. The first-order valence-electron chi connectivity index (χ1n) is 6.93. The highest BCUT2D eigenvalue weighted by Crippen LogP contribution is 2.13. The van der Waals surface area contributed by atoms with Gasteiger partial charge in [0.05, 0.1) is 12.2 Å². The zero-order valence-electron chi connectivity index (χ0n) is 12.5. The summed E-state index contributed by atoms with van der Waals surface area (Å²) < 4.78 is 1.05. The standard InChI is InChI=1S/C15H16BrN3.C2H6/c16-14-8-6-12(7-9-14)10-19(18)11-15(17)13-4-2-1-3-5-13;1-2/h1-9,11H,10,17-18H2;1-2H3/b15-11-;. The van der Waals surface area contributed by atoms with Gasteiger partial charge in [-0.15, -0.1) is 0 Å². The van der Waals surface area contributed by atoms with Crippen molar-refractivity contribution in [2.45, 2.75) is 20.4 Å². The Hall–Kier alpha value is -1.78. The van der Waals surface area contributed by atoms with Crippen molar-refractivity contribution in [3.05, 3.63) is 76.4 Å². The lowest BCUT2D eigenvalue weighted by molar-refractivity contribution is 0.388.